The van der Waals surface area contributed by atoms with Gasteiger partial charge < -0.3 is 9.88 Å². The molecule has 1 aromatic heterocycles. The second kappa shape index (κ2) is 10.4. The van der Waals surface area contributed by atoms with E-state index in [1.165, 1.54) is 36.0 Å². The van der Waals surface area contributed by atoms with Gasteiger partial charge in [0.25, 0.3) is 5.69 Å². The Bertz CT molecular complexity index is 1090. The van der Waals surface area contributed by atoms with Gasteiger partial charge in [0.2, 0.25) is 5.91 Å². The minimum absolute atomic E-state index is 0.0790. The van der Waals surface area contributed by atoms with Gasteiger partial charge in [-0.1, -0.05) is 30.0 Å². The van der Waals surface area contributed by atoms with E-state index in [4.69, 9.17) is 0 Å². The molecule has 0 saturated carbocycles. The summed E-state index contributed by atoms with van der Waals surface area (Å²) in [4.78, 5) is 22.7. The molecule has 1 amide bonds. The number of rotatable bonds is 9. The fraction of sp³-hybridized carbons (Fsp3) is 0.250. The topological polar surface area (TPSA) is 103 Å². The average molecular weight is 462 g/mol. The van der Waals surface area contributed by atoms with Crippen molar-refractivity contribution in [3.63, 3.8) is 0 Å². The minimum Gasteiger partial charge on any atom is -0.325 e. The summed E-state index contributed by atoms with van der Waals surface area (Å²) in [6.45, 7) is 1.77. The maximum atomic E-state index is 13.0. The molecule has 0 saturated heterocycles. The van der Waals surface area contributed by atoms with Gasteiger partial charge in [-0.05, 0) is 30.2 Å². The van der Waals surface area contributed by atoms with Crippen LogP contribution in [-0.4, -0.2) is 31.3 Å². The van der Waals surface area contributed by atoms with Gasteiger partial charge in [0.15, 0.2) is 5.16 Å². The van der Waals surface area contributed by atoms with E-state index < -0.39 is 4.92 Å². The number of aromatic nitrogens is 3. The Hall–Kier alpha value is -2.92. The van der Waals surface area contributed by atoms with Crippen LogP contribution in [0.25, 0.3) is 0 Å². The maximum absolute atomic E-state index is 13.0. The van der Waals surface area contributed by atoms with Crippen molar-refractivity contribution in [2.75, 3.05) is 11.1 Å². The number of hydrogen-bond acceptors (Lipinski definition) is 7. The predicted octanol–water partition coefficient (Wildman–Crippen LogP) is 4.34. The molecular weight excluding hydrogens is 441 g/mol. The highest BCUT2D eigenvalue weighted by molar-refractivity contribution is 7.99. The molecule has 0 bridgehead atoms. The second-order valence-electron chi connectivity index (χ2n) is 6.67. The van der Waals surface area contributed by atoms with Crippen LogP contribution >= 0.6 is 23.5 Å². The highest BCUT2D eigenvalue weighted by Crippen LogP contribution is 2.24. The number of non-ortho nitro benzene ring substituents is 1. The molecule has 1 heterocycles. The molecule has 8 nitrogen and oxygen atoms in total. The Morgan fingerprint density at radius 3 is 2.65 bits per heavy atom. The average Bonchev–Trinajstić information content (AvgIpc) is 3.09. The van der Waals surface area contributed by atoms with E-state index in [2.05, 4.69) is 15.5 Å². The van der Waals surface area contributed by atoms with Crippen molar-refractivity contribution in [3.8, 4) is 0 Å². The number of aryl methyl sites for hydroxylation is 1. The molecule has 2 aromatic carbocycles. The number of nitro benzene ring substituents is 1. The third-order valence-electron chi connectivity index (χ3n) is 4.38. The van der Waals surface area contributed by atoms with E-state index in [9.17, 15) is 19.3 Å². The molecule has 0 aliphatic heterocycles. The SMILES string of the molecule is Cc1ccc([N+](=O)[O-])cc1NC(=O)CSc1nnc(CSCc2ccc(F)cc2)n1C. The Morgan fingerprint density at radius 2 is 1.94 bits per heavy atom. The van der Waals surface area contributed by atoms with E-state index in [-0.39, 0.29) is 23.2 Å². The zero-order valence-electron chi connectivity index (χ0n) is 16.9. The Morgan fingerprint density at radius 1 is 1.19 bits per heavy atom. The van der Waals surface area contributed by atoms with Crippen molar-refractivity contribution in [2.45, 2.75) is 23.6 Å². The van der Waals surface area contributed by atoms with Crippen LogP contribution in [0.3, 0.4) is 0 Å². The lowest BCUT2D eigenvalue weighted by molar-refractivity contribution is -0.384. The molecule has 0 spiro atoms. The lowest BCUT2D eigenvalue weighted by Crippen LogP contribution is -2.15. The number of hydrogen-bond donors (Lipinski definition) is 1. The highest BCUT2D eigenvalue weighted by atomic mass is 32.2. The largest absolute Gasteiger partial charge is 0.325 e. The Kier molecular flexibility index (Phi) is 7.64. The molecule has 3 aromatic rings. The van der Waals surface area contributed by atoms with Crippen molar-refractivity contribution in [3.05, 3.63) is 75.3 Å². The number of nitrogens with zero attached hydrogens (tertiary/aromatic N) is 4. The van der Waals surface area contributed by atoms with Crippen LogP contribution in [0.1, 0.15) is 17.0 Å². The second-order valence-corrected chi connectivity index (χ2v) is 8.60. The standard InChI is InChI=1S/C20H20FN5O3S2/c1-13-3-8-16(26(28)29)9-17(13)22-19(27)12-31-20-24-23-18(25(20)2)11-30-10-14-4-6-15(21)7-5-14/h3-9H,10-12H2,1-2H3,(H,22,27). The van der Waals surface area contributed by atoms with Crippen molar-refractivity contribution < 1.29 is 14.1 Å². The van der Waals surface area contributed by atoms with Crippen LogP contribution in [-0.2, 0) is 23.3 Å². The monoisotopic (exact) mass is 461 g/mol. The zero-order chi connectivity index (χ0) is 22.4. The first-order valence-electron chi connectivity index (χ1n) is 9.21. The van der Waals surface area contributed by atoms with E-state index in [0.29, 0.717) is 16.6 Å². The van der Waals surface area contributed by atoms with E-state index in [0.717, 1.165) is 22.7 Å². The number of thioether (sulfide) groups is 2. The lowest BCUT2D eigenvalue weighted by Gasteiger charge is -2.08. The first kappa shape index (κ1) is 22.8. The van der Waals surface area contributed by atoms with Gasteiger partial charge in [-0.2, -0.15) is 0 Å². The van der Waals surface area contributed by atoms with Gasteiger partial charge in [0.05, 0.1) is 22.1 Å². The molecule has 11 heteroatoms. The van der Waals surface area contributed by atoms with Crippen LogP contribution in [0.2, 0.25) is 0 Å². The molecule has 0 unspecified atom stereocenters. The molecule has 3 rings (SSSR count). The summed E-state index contributed by atoms with van der Waals surface area (Å²) in [7, 11) is 1.83. The Labute approximate surface area is 186 Å². The van der Waals surface area contributed by atoms with Gasteiger partial charge in [0, 0.05) is 24.9 Å². The van der Waals surface area contributed by atoms with Crippen LogP contribution in [0.5, 0.6) is 0 Å². The molecule has 1 N–H and O–H groups in total. The van der Waals surface area contributed by atoms with E-state index in [1.54, 1.807) is 36.9 Å². The van der Waals surface area contributed by atoms with Crippen LogP contribution < -0.4 is 5.32 Å². The molecule has 0 atom stereocenters. The van der Waals surface area contributed by atoms with Crippen molar-refractivity contribution in [1.29, 1.82) is 0 Å². The van der Waals surface area contributed by atoms with Gasteiger partial charge >= 0.3 is 0 Å². The van der Waals surface area contributed by atoms with Crippen LogP contribution in [0, 0.1) is 22.9 Å². The molecule has 0 aliphatic rings. The number of benzene rings is 2. The van der Waals surface area contributed by atoms with Crippen molar-refractivity contribution >= 4 is 40.8 Å². The van der Waals surface area contributed by atoms with Gasteiger partial charge in [-0.25, -0.2) is 4.39 Å². The molecule has 0 radical (unpaired) electrons. The van der Waals surface area contributed by atoms with E-state index >= 15 is 0 Å². The third-order valence-corrected chi connectivity index (χ3v) is 6.40. The number of nitrogens with one attached hydrogen (secondary N) is 1. The number of anilines is 1. The molecular formula is C20H20FN5O3S2. The smallest absolute Gasteiger partial charge is 0.271 e. The number of carbonyl (C=O) groups excluding carboxylic acids is 1. The maximum Gasteiger partial charge on any atom is 0.271 e. The fourth-order valence-electron chi connectivity index (χ4n) is 2.61. The van der Waals surface area contributed by atoms with Crippen LogP contribution in [0.4, 0.5) is 15.8 Å². The Balaban J connectivity index is 1.51. The number of halogens is 1. The third kappa shape index (κ3) is 6.28. The van der Waals surface area contributed by atoms with Gasteiger partial charge in [-0.15, -0.1) is 22.0 Å². The lowest BCUT2D eigenvalue weighted by atomic mass is 10.2. The normalized spacial score (nSPS) is 10.8. The molecule has 162 valence electrons. The quantitative estimate of drug-likeness (QED) is 0.287. The number of amides is 1. The zero-order valence-corrected chi connectivity index (χ0v) is 18.5. The van der Waals surface area contributed by atoms with Crippen molar-refractivity contribution in [1.82, 2.24) is 14.8 Å². The molecule has 31 heavy (non-hydrogen) atoms. The summed E-state index contributed by atoms with van der Waals surface area (Å²) in [6, 6.07) is 10.7. The minimum atomic E-state index is -0.501. The van der Waals surface area contributed by atoms with Gasteiger partial charge in [0.1, 0.15) is 11.6 Å². The summed E-state index contributed by atoms with van der Waals surface area (Å²) in [5.74, 6) is 1.67. The molecule has 0 aliphatic carbocycles. The summed E-state index contributed by atoms with van der Waals surface area (Å²) < 4.78 is 14.8. The summed E-state index contributed by atoms with van der Waals surface area (Å²) in [5, 5.41) is 22.5. The number of nitro groups is 1. The van der Waals surface area contributed by atoms with Crippen LogP contribution in [0.15, 0.2) is 47.6 Å². The van der Waals surface area contributed by atoms with Gasteiger partial charge in [-0.3, -0.25) is 14.9 Å². The predicted molar refractivity (Wildman–Crippen MR) is 120 cm³/mol. The highest BCUT2D eigenvalue weighted by Gasteiger charge is 2.14. The fourth-order valence-corrected chi connectivity index (χ4v) is 4.31. The summed E-state index contributed by atoms with van der Waals surface area (Å²) >= 11 is 2.87. The first-order valence-corrected chi connectivity index (χ1v) is 11.4. The first-order chi connectivity index (χ1) is 14.8. The molecule has 0 fully saturated rings. The van der Waals surface area contributed by atoms with E-state index in [1.807, 2.05) is 11.6 Å². The summed E-state index contributed by atoms with van der Waals surface area (Å²) in [5.41, 5.74) is 2.10. The number of carbonyl (C=O) groups is 1. The van der Waals surface area contributed by atoms with Crippen molar-refractivity contribution in [2.24, 2.45) is 7.05 Å². The summed E-state index contributed by atoms with van der Waals surface area (Å²) in [6.07, 6.45) is 0.